The summed E-state index contributed by atoms with van der Waals surface area (Å²) in [5.74, 6) is 0. The molecule has 0 aliphatic rings. The number of rotatable bonds is 9. The van der Waals surface area contributed by atoms with Crippen molar-refractivity contribution in [3.05, 3.63) is 36.4 Å². The molecule has 0 unspecified atom stereocenters. The van der Waals surface area contributed by atoms with Crippen LogP contribution < -0.4 is 20.1 Å². The van der Waals surface area contributed by atoms with Gasteiger partial charge in [-0.25, -0.2) is 53.8 Å². The highest BCUT2D eigenvalue weighted by atomic mass is 32.2. The van der Waals surface area contributed by atoms with Gasteiger partial charge in [0.2, 0.25) is 40.1 Å². The van der Waals surface area contributed by atoms with E-state index in [0.29, 0.717) is 18.4 Å². The maximum absolute atomic E-state index is 13.6. The molecule has 0 aliphatic carbocycles. The molecule has 0 fully saturated rings. The van der Waals surface area contributed by atoms with E-state index in [0.717, 1.165) is 6.07 Å². The van der Waals surface area contributed by atoms with Crippen LogP contribution in [0, 0.1) is 0 Å². The van der Waals surface area contributed by atoms with Crippen molar-refractivity contribution in [3.8, 4) is 0 Å². The Balaban J connectivity index is 2.35. The number of hydrogen-bond acceptors (Lipinski definition) is 9. The van der Waals surface area contributed by atoms with Gasteiger partial charge in [0.25, 0.3) is 0 Å². The van der Waals surface area contributed by atoms with Crippen LogP contribution in [0.3, 0.4) is 0 Å². The standard InChI is InChI=1S/C21H25N5O8S4/c1-26(2)10-4-9-25-38(33,34)19-14-8-7-12-5-3-6-13-11-15(35(22,27)28)18(17(14)16(12)13)20(36(23,29)30)21(19)37(24,31)32/h3,5-8,11,25H,4,9-10H2,1-2H3,(H2,22,27,28)(H2,23,29,30)(H2,24,31,32). The Morgan fingerprint density at radius 3 is 1.87 bits per heavy atom. The molecule has 0 saturated heterocycles. The molecular weight excluding hydrogens is 579 g/mol. The minimum atomic E-state index is -5.15. The lowest BCUT2D eigenvalue weighted by atomic mass is 9.94. The second kappa shape index (κ2) is 9.32. The van der Waals surface area contributed by atoms with Gasteiger partial charge in [-0.15, -0.1) is 0 Å². The van der Waals surface area contributed by atoms with Crippen LogP contribution in [-0.2, 0) is 40.1 Å². The lowest BCUT2D eigenvalue weighted by molar-refractivity contribution is 0.400. The van der Waals surface area contributed by atoms with Crippen LogP contribution in [0.1, 0.15) is 6.42 Å². The molecule has 4 rings (SSSR count). The number of hydrogen-bond donors (Lipinski definition) is 4. The molecule has 0 saturated carbocycles. The van der Waals surface area contributed by atoms with E-state index < -0.39 is 65.1 Å². The first kappa shape index (κ1) is 28.5. The molecule has 0 radical (unpaired) electrons. The molecule has 0 aliphatic heterocycles. The van der Waals surface area contributed by atoms with E-state index in [1.807, 2.05) is 0 Å². The predicted molar refractivity (Wildman–Crippen MR) is 143 cm³/mol. The number of nitrogens with one attached hydrogen (secondary N) is 1. The smallest absolute Gasteiger partial charge is 0.242 e. The van der Waals surface area contributed by atoms with Crippen molar-refractivity contribution >= 4 is 72.4 Å². The highest BCUT2D eigenvalue weighted by Crippen LogP contribution is 2.46. The average Bonchev–Trinajstić information content (AvgIpc) is 2.76. The van der Waals surface area contributed by atoms with Crippen LogP contribution >= 0.6 is 0 Å². The molecule has 206 valence electrons. The first-order chi connectivity index (χ1) is 17.4. The maximum Gasteiger partial charge on any atom is 0.242 e. The summed E-state index contributed by atoms with van der Waals surface area (Å²) in [7, 11) is -16.2. The van der Waals surface area contributed by atoms with Gasteiger partial charge >= 0.3 is 0 Å². The molecule has 38 heavy (non-hydrogen) atoms. The molecule has 17 heteroatoms. The molecule has 0 heterocycles. The molecular formula is C21H25N5O8S4. The summed E-state index contributed by atoms with van der Waals surface area (Å²) in [4.78, 5) is -2.54. The van der Waals surface area contributed by atoms with Crippen molar-refractivity contribution in [2.45, 2.75) is 26.0 Å². The number of sulfonamides is 4. The molecule has 13 nitrogen and oxygen atoms in total. The lowest BCUT2D eigenvalue weighted by Crippen LogP contribution is -2.31. The van der Waals surface area contributed by atoms with Crippen LogP contribution in [-0.4, -0.2) is 65.8 Å². The van der Waals surface area contributed by atoms with Gasteiger partial charge < -0.3 is 4.90 Å². The Kier molecular flexibility index (Phi) is 6.99. The summed E-state index contributed by atoms with van der Waals surface area (Å²) in [5.41, 5.74) is 0. The van der Waals surface area contributed by atoms with E-state index in [1.54, 1.807) is 31.1 Å². The van der Waals surface area contributed by atoms with Crippen LogP contribution in [0.25, 0.3) is 32.3 Å². The van der Waals surface area contributed by atoms with Crippen LogP contribution in [0.4, 0.5) is 0 Å². The van der Waals surface area contributed by atoms with Gasteiger partial charge in [0, 0.05) is 22.7 Å². The Morgan fingerprint density at radius 1 is 0.711 bits per heavy atom. The SMILES string of the molecule is CN(C)CCCNS(=O)(=O)c1c(S(N)(=O)=O)c(S(N)(=O)=O)c2c(S(N)(=O)=O)cc3cccc4ccc1c2c43. The summed E-state index contributed by atoms with van der Waals surface area (Å²) in [6.45, 7) is 0.364. The highest BCUT2D eigenvalue weighted by Gasteiger charge is 2.38. The summed E-state index contributed by atoms with van der Waals surface area (Å²) in [6, 6.07) is 8.59. The number of benzene rings is 4. The molecule has 0 spiro atoms. The minimum absolute atomic E-state index is 0.125. The second-order valence-electron chi connectivity index (χ2n) is 8.99. The van der Waals surface area contributed by atoms with Crippen molar-refractivity contribution in [3.63, 3.8) is 0 Å². The third-order valence-corrected chi connectivity index (χ3v) is 10.7. The van der Waals surface area contributed by atoms with Crippen LogP contribution in [0.15, 0.2) is 56.0 Å². The third-order valence-electron chi connectivity index (χ3n) is 5.96. The van der Waals surface area contributed by atoms with E-state index in [9.17, 15) is 33.7 Å². The number of nitrogens with two attached hydrogens (primary N) is 3. The Bertz CT molecular complexity index is 2040. The fraction of sp³-hybridized carbons (Fsp3) is 0.238. The minimum Gasteiger partial charge on any atom is -0.309 e. The van der Waals surface area contributed by atoms with Crippen LogP contribution in [0.2, 0.25) is 0 Å². The molecule has 0 bridgehead atoms. The normalized spacial score (nSPS) is 13.8. The third kappa shape index (κ3) is 4.96. The summed E-state index contributed by atoms with van der Waals surface area (Å²) in [6.07, 6.45) is 0.334. The molecule has 0 amide bonds. The van der Waals surface area contributed by atoms with Gasteiger partial charge in [-0.05, 0) is 49.3 Å². The van der Waals surface area contributed by atoms with Crippen molar-refractivity contribution in [2.75, 3.05) is 27.2 Å². The lowest BCUT2D eigenvalue weighted by Gasteiger charge is -2.22. The predicted octanol–water partition coefficient (Wildman–Crippen LogP) is -0.244. The van der Waals surface area contributed by atoms with E-state index in [1.165, 1.54) is 18.2 Å². The van der Waals surface area contributed by atoms with Gasteiger partial charge in [-0.2, -0.15) is 0 Å². The fourth-order valence-corrected chi connectivity index (χ4v) is 9.81. The first-order valence-electron chi connectivity index (χ1n) is 10.9. The van der Waals surface area contributed by atoms with E-state index >= 15 is 0 Å². The van der Waals surface area contributed by atoms with Gasteiger partial charge in [0.1, 0.15) is 14.7 Å². The van der Waals surface area contributed by atoms with Crippen LogP contribution in [0.5, 0.6) is 0 Å². The molecule has 4 aromatic rings. The topological polar surface area (TPSA) is 230 Å². The summed E-state index contributed by atoms with van der Waals surface area (Å²) >= 11 is 0. The quantitative estimate of drug-likeness (QED) is 0.146. The molecule has 0 atom stereocenters. The highest BCUT2D eigenvalue weighted by molar-refractivity contribution is 7.94. The van der Waals surface area contributed by atoms with Gasteiger partial charge in [0.15, 0.2) is 0 Å². The molecule has 4 aromatic carbocycles. The van der Waals surface area contributed by atoms with Crippen molar-refractivity contribution in [1.29, 1.82) is 0 Å². The zero-order valence-corrected chi connectivity index (χ0v) is 23.4. The summed E-state index contributed by atoms with van der Waals surface area (Å²) < 4.78 is 107. The van der Waals surface area contributed by atoms with Crippen molar-refractivity contribution < 1.29 is 33.7 Å². The Labute approximate surface area is 220 Å². The van der Waals surface area contributed by atoms with Gasteiger partial charge in [0.05, 0.1) is 4.90 Å². The summed E-state index contributed by atoms with van der Waals surface area (Å²) in [5, 5.41) is 16.2. The number of nitrogens with zero attached hydrogens (tertiary/aromatic N) is 1. The fourth-order valence-electron chi connectivity index (χ4n) is 4.57. The Hall–Kier alpha value is -2.48. The van der Waals surface area contributed by atoms with Crippen molar-refractivity contribution in [2.24, 2.45) is 15.4 Å². The zero-order chi connectivity index (χ0) is 28.4. The van der Waals surface area contributed by atoms with E-state index in [-0.39, 0.29) is 28.1 Å². The average molecular weight is 604 g/mol. The monoisotopic (exact) mass is 603 g/mol. The number of primary sulfonamides is 3. The van der Waals surface area contributed by atoms with Gasteiger partial charge in [-0.3, -0.25) is 0 Å². The largest absolute Gasteiger partial charge is 0.309 e. The molecule has 0 aromatic heterocycles. The maximum atomic E-state index is 13.6. The second-order valence-corrected chi connectivity index (χ2v) is 15.2. The first-order valence-corrected chi connectivity index (χ1v) is 17.0. The van der Waals surface area contributed by atoms with Crippen molar-refractivity contribution in [1.82, 2.24) is 9.62 Å². The zero-order valence-electron chi connectivity index (χ0n) is 20.2. The van der Waals surface area contributed by atoms with E-state index in [2.05, 4.69) is 4.72 Å². The Morgan fingerprint density at radius 2 is 1.32 bits per heavy atom. The van der Waals surface area contributed by atoms with Gasteiger partial charge in [-0.1, -0.05) is 30.3 Å². The molecule has 7 N–H and O–H groups in total. The van der Waals surface area contributed by atoms with E-state index in [4.69, 9.17) is 15.4 Å².